The Labute approximate surface area is 136 Å². The third-order valence-electron chi connectivity index (χ3n) is 4.63. The van der Waals surface area contributed by atoms with Gasteiger partial charge >= 0.3 is 5.97 Å². The molecule has 0 radical (unpaired) electrons. The number of methoxy groups -OCH3 is 1. The Morgan fingerprint density at radius 2 is 2.09 bits per heavy atom. The normalized spacial score (nSPS) is 21.5. The molecular formula is C16H25N3O4. The molecule has 1 fully saturated rings. The number of carbonyl (C=O) groups excluding carboxylic acids is 1. The summed E-state index contributed by atoms with van der Waals surface area (Å²) < 4.78 is 6.91. The number of amides is 1. The largest absolute Gasteiger partial charge is 0.481 e. The van der Waals surface area contributed by atoms with Crippen LogP contribution in [0.4, 0.5) is 0 Å². The second-order valence-electron chi connectivity index (χ2n) is 6.21. The Hall–Kier alpha value is -1.89. The first-order valence-corrected chi connectivity index (χ1v) is 7.92. The fourth-order valence-corrected chi connectivity index (χ4v) is 3.41. The monoisotopic (exact) mass is 323 g/mol. The van der Waals surface area contributed by atoms with Crippen molar-refractivity contribution in [1.29, 1.82) is 0 Å². The molecule has 0 aliphatic carbocycles. The Kier molecular flexibility index (Phi) is 5.09. The van der Waals surface area contributed by atoms with Gasteiger partial charge in [0.15, 0.2) is 0 Å². The minimum Gasteiger partial charge on any atom is -0.481 e. The average Bonchev–Trinajstić information content (AvgIpc) is 2.81. The minimum absolute atomic E-state index is 0.109. The summed E-state index contributed by atoms with van der Waals surface area (Å²) in [5.74, 6) is -1.05. The second kappa shape index (κ2) is 6.70. The van der Waals surface area contributed by atoms with Crippen LogP contribution in [0.5, 0.6) is 0 Å². The van der Waals surface area contributed by atoms with Crippen LogP contribution in [0.3, 0.4) is 0 Å². The lowest BCUT2D eigenvalue weighted by Crippen LogP contribution is -2.52. The third-order valence-corrected chi connectivity index (χ3v) is 4.63. The van der Waals surface area contributed by atoms with Gasteiger partial charge in [-0.3, -0.25) is 14.3 Å². The molecule has 0 aromatic carbocycles. The van der Waals surface area contributed by atoms with E-state index in [1.165, 1.54) is 7.11 Å². The Morgan fingerprint density at radius 3 is 2.61 bits per heavy atom. The molecule has 0 bridgehead atoms. The van der Waals surface area contributed by atoms with E-state index in [-0.39, 0.29) is 19.1 Å². The first kappa shape index (κ1) is 17.5. The molecule has 0 saturated carbocycles. The van der Waals surface area contributed by atoms with Gasteiger partial charge in [-0.05, 0) is 33.6 Å². The summed E-state index contributed by atoms with van der Waals surface area (Å²) in [5, 5.41) is 14.0. The van der Waals surface area contributed by atoms with Crippen molar-refractivity contribution in [3.8, 4) is 0 Å². The number of aryl methyl sites for hydroxylation is 2. The van der Waals surface area contributed by atoms with E-state index in [2.05, 4.69) is 5.10 Å². The summed E-state index contributed by atoms with van der Waals surface area (Å²) >= 11 is 0. The number of hydrogen-bond donors (Lipinski definition) is 1. The number of aliphatic carboxylic acids is 1. The number of carboxylic acids is 1. The Balaban J connectivity index is 2.29. The van der Waals surface area contributed by atoms with Crippen LogP contribution in [-0.2, 0) is 16.1 Å². The highest BCUT2D eigenvalue weighted by Crippen LogP contribution is 2.32. The van der Waals surface area contributed by atoms with Crippen molar-refractivity contribution in [2.45, 2.75) is 40.2 Å². The van der Waals surface area contributed by atoms with Crippen molar-refractivity contribution in [2.24, 2.45) is 5.41 Å². The number of rotatable bonds is 5. The van der Waals surface area contributed by atoms with E-state index in [1.807, 2.05) is 20.8 Å². The minimum atomic E-state index is -1.02. The van der Waals surface area contributed by atoms with E-state index >= 15 is 0 Å². The van der Waals surface area contributed by atoms with Crippen LogP contribution in [0.25, 0.3) is 0 Å². The van der Waals surface area contributed by atoms with Gasteiger partial charge in [0.2, 0.25) is 0 Å². The zero-order valence-corrected chi connectivity index (χ0v) is 14.3. The number of ether oxygens (including phenoxy) is 1. The molecule has 1 aliphatic rings. The quantitative estimate of drug-likeness (QED) is 0.887. The van der Waals surface area contributed by atoms with Gasteiger partial charge in [0, 0.05) is 32.4 Å². The van der Waals surface area contributed by atoms with E-state index in [9.17, 15) is 14.7 Å². The maximum Gasteiger partial charge on any atom is 0.313 e. The first-order chi connectivity index (χ1) is 10.9. The predicted molar refractivity (Wildman–Crippen MR) is 84.5 cm³/mol. The van der Waals surface area contributed by atoms with Crippen LogP contribution in [0.1, 0.15) is 41.5 Å². The van der Waals surface area contributed by atoms with Crippen LogP contribution >= 0.6 is 0 Å². The lowest BCUT2D eigenvalue weighted by Gasteiger charge is -2.39. The van der Waals surface area contributed by atoms with E-state index in [1.54, 1.807) is 9.58 Å². The molecule has 128 valence electrons. The summed E-state index contributed by atoms with van der Waals surface area (Å²) in [6.07, 6.45) is 1.17. The van der Waals surface area contributed by atoms with Crippen molar-refractivity contribution in [1.82, 2.24) is 14.7 Å². The molecule has 23 heavy (non-hydrogen) atoms. The van der Waals surface area contributed by atoms with E-state index in [0.717, 1.165) is 5.69 Å². The fourth-order valence-electron chi connectivity index (χ4n) is 3.41. The topological polar surface area (TPSA) is 84.7 Å². The zero-order valence-electron chi connectivity index (χ0n) is 14.3. The molecule has 1 unspecified atom stereocenters. The van der Waals surface area contributed by atoms with Gasteiger partial charge < -0.3 is 14.7 Å². The van der Waals surface area contributed by atoms with Gasteiger partial charge in [0.25, 0.3) is 5.91 Å². The van der Waals surface area contributed by atoms with Crippen molar-refractivity contribution < 1.29 is 19.4 Å². The van der Waals surface area contributed by atoms with Crippen molar-refractivity contribution in [3.63, 3.8) is 0 Å². The summed E-state index contributed by atoms with van der Waals surface area (Å²) in [5.41, 5.74) is 1.08. The molecule has 1 amide bonds. The maximum atomic E-state index is 12.9. The first-order valence-electron chi connectivity index (χ1n) is 7.92. The molecule has 7 heteroatoms. The molecule has 1 aromatic rings. The summed E-state index contributed by atoms with van der Waals surface area (Å²) in [6.45, 7) is 7.21. The maximum absolute atomic E-state index is 12.9. The van der Waals surface area contributed by atoms with Gasteiger partial charge in [-0.25, -0.2) is 0 Å². The Bertz CT molecular complexity index is 607. The van der Waals surface area contributed by atoms with Crippen molar-refractivity contribution in [3.05, 3.63) is 17.0 Å². The molecule has 1 aliphatic heterocycles. The van der Waals surface area contributed by atoms with Crippen LogP contribution < -0.4 is 0 Å². The molecule has 1 N–H and O–H groups in total. The molecule has 1 saturated heterocycles. The van der Waals surface area contributed by atoms with E-state index in [4.69, 9.17) is 4.74 Å². The number of piperidine rings is 1. The SMILES string of the molecule is CCn1nc(C)c(C(=O)N2CCCC(COC)(C(=O)O)C2)c1C. The highest BCUT2D eigenvalue weighted by Gasteiger charge is 2.44. The highest BCUT2D eigenvalue weighted by atomic mass is 16.5. The van der Waals surface area contributed by atoms with E-state index < -0.39 is 11.4 Å². The lowest BCUT2D eigenvalue weighted by molar-refractivity contribution is -0.155. The molecule has 2 heterocycles. The number of likely N-dealkylation sites (tertiary alicyclic amines) is 1. The average molecular weight is 323 g/mol. The number of hydrogen-bond acceptors (Lipinski definition) is 4. The predicted octanol–water partition coefficient (Wildman–Crippen LogP) is 1.47. The fraction of sp³-hybridized carbons (Fsp3) is 0.688. The van der Waals surface area contributed by atoms with Crippen LogP contribution in [0, 0.1) is 19.3 Å². The smallest absolute Gasteiger partial charge is 0.313 e. The van der Waals surface area contributed by atoms with Crippen LogP contribution in [0.15, 0.2) is 0 Å². The number of carbonyl (C=O) groups is 2. The Morgan fingerprint density at radius 1 is 1.39 bits per heavy atom. The third kappa shape index (κ3) is 3.10. The lowest BCUT2D eigenvalue weighted by atomic mass is 9.80. The second-order valence-corrected chi connectivity index (χ2v) is 6.21. The molecular weight excluding hydrogens is 298 g/mol. The number of aromatic nitrogens is 2. The van der Waals surface area contributed by atoms with Crippen LogP contribution in [0.2, 0.25) is 0 Å². The number of carboxylic acid groups (broad SMARTS) is 1. The van der Waals surface area contributed by atoms with Gasteiger partial charge in [-0.1, -0.05) is 0 Å². The van der Waals surface area contributed by atoms with Crippen molar-refractivity contribution >= 4 is 11.9 Å². The summed E-state index contributed by atoms with van der Waals surface area (Å²) in [4.78, 5) is 26.3. The molecule has 2 rings (SSSR count). The van der Waals surface area contributed by atoms with E-state index in [0.29, 0.717) is 37.2 Å². The van der Waals surface area contributed by atoms with Gasteiger partial charge in [-0.15, -0.1) is 0 Å². The van der Waals surface area contributed by atoms with Gasteiger partial charge in [-0.2, -0.15) is 5.10 Å². The molecule has 0 spiro atoms. The zero-order chi connectivity index (χ0) is 17.2. The van der Waals surface area contributed by atoms with Gasteiger partial charge in [0.05, 0.1) is 17.9 Å². The van der Waals surface area contributed by atoms with Gasteiger partial charge in [0.1, 0.15) is 5.41 Å². The number of nitrogens with zero attached hydrogens (tertiary/aromatic N) is 3. The summed E-state index contributed by atoms with van der Waals surface area (Å²) in [6, 6.07) is 0. The molecule has 1 atom stereocenters. The van der Waals surface area contributed by atoms with Crippen LogP contribution in [-0.4, -0.2) is 58.5 Å². The molecule has 1 aromatic heterocycles. The standard InChI is InChI=1S/C16H25N3O4/c1-5-19-12(3)13(11(2)17-19)14(20)18-8-6-7-16(9-18,10-23-4)15(21)22/h5-10H2,1-4H3,(H,21,22). The highest BCUT2D eigenvalue weighted by molar-refractivity contribution is 5.97. The van der Waals surface area contributed by atoms with Crippen molar-refractivity contribution in [2.75, 3.05) is 26.8 Å². The molecule has 7 nitrogen and oxygen atoms in total. The summed E-state index contributed by atoms with van der Waals surface area (Å²) in [7, 11) is 1.49.